The fourth-order valence-corrected chi connectivity index (χ4v) is 1.19. The molecule has 0 unspecified atom stereocenters. The van der Waals surface area contributed by atoms with Gasteiger partial charge in [-0.25, -0.2) is 0 Å². The van der Waals surface area contributed by atoms with Crippen molar-refractivity contribution >= 4 is 9.04 Å². The Kier molecular flexibility index (Phi) is 4.21. The highest BCUT2D eigenvalue weighted by Gasteiger charge is 2.09. The molecule has 0 aliphatic heterocycles. The summed E-state index contributed by atoms with van der Waals surface area (Å²) in [5.74, 6) is 0. The van der Waals surface area contributed by atoms with Gasteiger partial charge in [-0.3, -0.25) is 0 Å². The van der Waals surface area contributed by atoms with Gasteiger partial charge in [0.1, 0.15) is 0 Å². The van der Waals surface area contributed by atoms with Crippen molar-refractivity contribution in [3.63, 3.8) is 0 Å². The van der Waals surface area contributed by atoms with Gasteiger partial charge >= 0.3 is 0 Å². The molecule has 0 spiro atoms. The van der Waals surface area contributed by atoms with Gasteiger partial charge in [0.2, 0.25) is 0 Å². The Balaban J connectivity index is 3.21. The van der Waals surface area contributed by atoms with E-state index in [9.17, 15) is 0 Å². The highest BCUT2D eigenvalue weighted by molar-refractivity contribution is 6.48. The summed E-state index contributed by atoms with van der Waals surface area (Å²) in [5.41, 5.74) is 0.434. The van der Waals surface area contributed by atoms with Gasteiger partial charge in [0, 0.05) is 6.61 Å². The Morgan fingerprint density at radius 1 is 1.20 bits per heavy atom. The second-order valence-corrected chi connectivity index (χ2v) is 6.66. The van der Waals surface area contributed by atoms with Gasteiger partial charge in [0.05, 0.1) is 0 Å². The minimum absolute atomic E-state index is 0.434. The molecule has 0 saturated heterocycles. The lowest BCUT2D eigenvalue weighted by Gasteiger charge is -2.18. The Hall–Kier alpha value is 0.177. The summed E-state index contributed by atoms with van der Waals surface area (Å²) in [6.07, 6.45) is 1.18. The lowest BCUT2D eigenvalue weighted by atomic mass is 9.93. The van der Waals surface area contributed by atoms with Crippen molar-refractivity contribution in [3.05, 3.63) is 0 Å². The molecule has 0 fully saturated rings. The molecule has 62 valence electrons. The zero-order valence-electron chi connectivity index (χ0n) is 7.90. The minimum atomic E-state index is -0.760. The van der Waals surface area contributed by atoms with Crippen LogP contribution in [-0.4, -0.2) is 15.6 Å². The SMILES string of the molecule is C[SiH](C)OCCC(C)(C)C. The van der Waals surface area contributed by atoms with Gasteiger partial charge in [-0.2, -0.15) is 0 Å². The van der Waals surface area contributed by atoms with Gasteiger partial charge in [0.15, 0.2) is 9.04 Å². The molecule has 10 heavy (non-hydrogen) atoms. The normalized spacial score (nSPS) is 12.6. The van der Waals surface area contributed by atoms with E-state index in [4.69, 9.17) is 4.43 Å². The number of hydrogen-bond donors (Lipinski definition) is 0. The first-order valence-electron chi connectivity index (χ1n) is 4.03. The van der Waals surface area contributed by atoms with Crippen LogP contribution < -0.4 is 0 Å². The molecule has 0 aliphatic carbocycles. The number of hydrogen-bond acceptors (Lipinski definition) is 1. The third-order valence-electron chi connectivity index (χ3n) is 1.30. The first-order valence-corrected chi connectivity index (χ1v) is 6.81. The standard InChI is InChI=1S/C8H20OSi/c1-8(2,3)6-7-9-10(4)5/h10H,6-7H2,1-5H3. The van der Waals surface area contributed by atoms with Crippen molar-refractivity contribution in [1.82, 2.24) is 0 Å². The monoisotopic (exact) mass is 160 g/mol. The average Bonchev–Trinajstić information content (AvgIpc) is 1.59. The van der Waals surface area contributed by atoms with Gasteiger partial charge in [-0.1, -0.05) is 20.8 Å². The first-order chi connectivity index (χ1) is 4.42. The molecule has 0 aliphatic rings. The van der Waals surface area contributed by atoms with Crippen LogP contribution in [0, 0.1) is 5.41 Å². The van der Waals surface area contributed by atoms with E-state index in [2.05, 4.69) is 33.9 Å². The molecule has 0 rings (SSSR count). The van der Waals surface area contributed by atoms with Crippen LogP contribution in [0.25, 0.3) is 0 Å². The summed E-state index contributed by atoms with van der Waals surface area (Å²) in [5, 5.41) is 0. The van der Waals surface area contributed by atoms with Gasteiger partial charge in [-0.15, -0.1) is 0 Å². The molecule has 0 bridgehead atoms. The molecule has 0 aromatic carbocycles. The van der Waals surface area contributed by atoms with Crippen LogP contribution >= 0.6 is 0 Å². The van der Waals surface area contributed by atoms with Crippen molar-refractivity contribution < 1.29 is 4.43 Å². The smallest absolute Gasteiger partial charge is 0.170 e. The number of rotatable bonds is 3. The molecule has 0 aromatic rings. The van der Waals surface area contributed by atoms with E-state index in [1.165, 1.54) is 6.42 Å². The third-order valence-corrected chi connectivity index (χ3v) is 2.21. The van der Waals surface area contributed by atoms with Crippen molar-refractivity contribution in [1.29, 1.82) is 0 Å². The molecule has 0 saturated carbocycles. The van der Waals surface area contributed by atoms with Gasteiger partial charge < -0.3 is 4.43 Å². The van der Waals surface area contributed by atoms with E-state index in [1.54, 1.807) is 0 Å². The second kappa shape index (κ2) is 4.14. The van der Waals surface area contributed by atoms with Gasteiger partial charge in [0.25, 0.3) is 0 Å². The highest BCUT2D eigenvalue weighted by atomic mass is 28.3. The van der Waals surface area contributed by atoms with Crippen LogP contribution in [0.5, 0.6) is 0 Å². The zero-order chi connectivity index (χ0) is 8.20. The van der Waals surface area contributed by atoms with E-state index in [0.29, 0.717) is 5.41 Å². The second-order valence-electron chi connectivity index (χ2n) is 4.23. The van der Waals surface area contributed by atoms with Gasteiger partial charge in [-0.05, 0) is 24.9 Å². The minimum Gasteiger partial charge on any atom is -0.421 e. The Morgan fingerprint density at radius 2 is 1.70 bits per heavy atom. The van der Waals surface area contributed by atoms with E-state index in [0.717, 1.165) is 6.61 Å². The fraction of sp³-hybridized carbons (Fsp3) is 1.00. The Bertz CT molecular complexity index is 83.7. The van der Waals surface area contributed by atoms with Crippen LogP contribution in [0.15, 0.2) is 0 Å². The predicted molar refractivity (Wildman–Crippen MR) is 48.9 cm³/mol. The molecule has 1 nitrogen and oxygen atoms in total. The van der Waals surface area contributed by atoms with E-state index >= 15 is 0 Å². The van der Waals surface area contributed by atoms with Crippen molar-refractivity contribution in [2.24, 2.45) is 5.41 Å². The first kappa shape index (κ1) is 10.2. The van der Waals surface area contributed by atoms with Crippen LogP contribution in [0.4, 0.5) is 0 Å². The van der Waals surface area contributed by atoms with Crippen molar-refractivity contribution in [2.75, 3.05) is 6.61 Å². The summed E-state index contributed by atoms with van der Waals surface area (Å²) >= 11 is 0. The maximum absolute atomic E-state index is 5.56. The molecule has 0 atom stereocenters. The summed E-state index contributed by atoms with van der Waals surface area (Å²) in [6.45, 7) is 12.1. The van der Waals surface area contributed by atoms with Crippen molar-refractivity contribution in [2.45, 2.75) is 40.3 Å². The van der Waals surface area contributed by atoms with Crippen molar-refractivity contribution in [3.8, 4) is 0 Å². The summed E-state index contributed by atoms with van der Waals surface area (Å²) < 4.78 is 5.56. The van der Waals surface area contributed by atoms with E-state index in [-0.39, 0.29) is 0 Å². The molecule has 0 heterocycles. The summed E-state index contributed by atoms with van der Waals surface area (Å²) in [6, 6.07) is 0. The highest BCUT2D eigenvalue weighted by Crippen LogP contribution is 2.17. The largest absolute Gasteiger partial charge is 0.421 e. The Labute approximate surface area is 66.5 Å². The summed E-state index contributed by atoms with van der Waals surface area (Å²) in [4.78, 5) is 0. The average molecular weight is 160 g/mol. The topological polar surface area (TPSA) is 9.23 Å². The fourth-order valence-electron chi connectivity index (χ4n) is 0.601. The molecule has 0 radical (unpaired) electrons. The Morgan fingerprint density at radius 3 is 2.00 bits per heavy atom. The van der Waals surface area contributed by atoms with Crippen LogP contribution in [-0.2, 0) is 4.43 Å². The molecule has 0 N–H and O–H groups in total. The summed E-state index contributed by atoms with van der Waals surface area (Å²) in [7, 11) is -0.760. The van der Waals surface area contributed by atoms with Crippen LogP contribution in [0.1, 0.15) is 27.2 Å². The van der Waals surface area contributed by atoms with Crippen LogP contribution in [0.2, 0.25) is 13.1 Å². The van der Waals surface area contributed by atoms with Crippen LogP contribution in [0.3, 0.4) is 0 Å². The quantitative estimate of drug-likeness (QED) is 0.576. The zero-order valence-corrected chi connectivity index (χ0v) is 9.05. The maximum atomic E-state index is 5.56. The van der Waals surface area contributed by atoms with E-state index < -0.39 is 9.04 Å². The molecular formula is C8H20OSi. The lowest BCUT2D eigenvalue weighted by molar-refractivity contribution is 0.246. The molecule has 0 aromatic heterocycles. The van der Waals surface area contributed by atoms with E-state index in [1.807, 2.05) is 0 Å². The molecule has 0 amide bonds. The predicted octanol–water partition coefficient (Wildman–Crippen LogP) is 2.42. The third kappa shape index (κ3) is 8.18. The molecular weight excluding hydrogens is 140 g/mol. The molecule has 2 heteroatoms. The maximum Gasteiger partial charge on any atom is 0.170 e. The lowest BCUT2D eigenvalue weighted by Crippen LogP contribution is -2.14.